The number of morpholine rings is 1. The number of hydrogen-bond acceptors (Lipinski definition) is 7. The standard InChI is InChI=1S/C12H12ClN3O.C8H4BrClN2.C5H10O.H51P49/c13-10-7-9-1-2-11(15-12(9)14-8-10)16-3-5-17-6-4-16;9-7-2-1-5-3-6(10)4-11-8(5)12-7;1-2-4-6-5-3-1;1-26-39(27(2)3)45(38(24)25)48(44(36(20)21)37(22)23)49(46(40(28(4)5)29(6)7)41(30(8)9)31(10)11)47(42(32(12)13)33(14)15)43(34(16)17)35(18)19/h1-2,7-8H,3-6H2;1-4H;1-5H2;26H,1-25H2. The molecule has 0 aromatic carbocycles. The van der Waals surface area contributed by atoms with Crippen molar-refractivity contribution >= 4 is 459 Å². The number of ether oxygens (including phenoxy) is 2. The second-order valence-electron chi connectivity index (χ2n) is 15.6. The average molecular weight is 2150 g/mol. The van der Waals surface area contributed by atoms with Crippen LogP contribution in [0.3, 0.4) is 0 Å². The second kappa shape index (κ2) is 53.8. The summed E-state index contributed by atoms with van der Waals surface area (Å²) >= 11 is 14.9. The number of nitrogens with zero attached hydrogens (tertiary/aromatic N) is 5. The summed E-state index contributed by atoms with van der Waals surface area (Å²) in [6.45, 7) is 1.94. The summed E-state index contributed by atoms with van der Waals surface area (Å²) in [5, 5.41) is 3.19. The van der Waals surface area contributed by atoms with Crippen LogP contribution < -0.4 is 4.90 Å². The van der Waals surface area contributed by atoms with Gasteiger partial charge in [0.05, 0.1) is 23.3 Å². The number of rotatable bonds is 24. The Labute approximate surface area is 607 Å². The maximum atomic E-state index is 5.89. The molecule has 6 rings (SSSR count). The quantitative estimate of drug-likeness (QED) is 0.0511. The molecule has 0 radical (unpaired) electrons. The molecule has 7 nitrogen and oxygen atoms in total. The van der Waals surface area contributed by atoms with E-state index in [4.69, 9.17) is 32.7 Å². The van der Waals surface area contributed by atoms with Crippen molar-refractivity contribution in [3.05, 3.63) is 63.4 Å². The first-order valence-corrected chi connectivity index (χ1v) is 113. The molecule has 6 heterocycles. The third-order valence-electron chi connectivity index (χ3n) is 9.60. The zero-order valence-corrected chi connectivity index (χ0v) is 97.9. The molecule has 0 spiro atoms. The van der Waals surface area contributed by atoms with E-state index in [1.54, 1.807) is 12.4 Å². The molecular formula is C25H77BrCl2N5O2P49. The predicted molar refractivity (Wildman–Crippen MR) is 555 cm³/mol. The maximum Gasteiger partial charge on any atom is 0.161 e. The lowest BCUT2D eigenvalue weighted by atomic mass is 10.2. The second-order valence-corrected chi connectivity index (χ2v) is 217. The molecule has 480 valence electrons. The van der Waals surface area contributed by atoms with Crippen LogP contribution >= 0.6 is 431 Å². The monoisotopic (exact) mass is 2150 g/mol. The van der Waals surface area contributed by atoms with Gasteiger partial charge in [0, 0.05) is 49.5 Å². The van der Waals surface area contributed by atoms with Gasteiger partial charge in [-0.25, -0.2) is 19.9 Å². The molecule has 2 fully saturated rings. The van der Waals surface area contributed by atoms with Gasteiger partial charge in [-0.15, -0.1) is 223 Å². The van der Waals surface area contributed by atoms with Crippen LogP contribution in [0, 0.1) is 0 Å². The molecule has 29 unspecified atom stereocenters. The van der Waals surface area contributed by atoms with Crippen LogP contribution in [-0.4, -0.2) is 59.5 Å². The van der Waals surface area contributed by atoms with Gasteiger partial charge >= 0.3 is 0 Å². The molecule has 4 aromatic rings. The largest absolute Gasteiger partial charge is 0.381 e. The van der Waals surface area contributed by atoms with E-state index in [1.807, 2.05) is 36.4 Å². The van der Waals surface area contributed by atoms with Crippen LogP contribution in [0.1, 0.15) is 19.3 Å². The van der Waals surface area contributed by atoms with Crippen molar-refractivity contribution in [2.75, 3.05) is 44.4 Å². The molecule has 0 bridgehead atoms. The molecule has 4 aromatic heterocycles. The highest BCUT2D eigenvalue weighted by Gasteiger charge is 2.58. The molecule has 0 amide bonds. The first-order chi connectivity index (χ1) is 39.4. The van der Waals surface area contributed by atoms with E-state index in [-0.39, 0.29) is 161 Å². The van der Waals surface area contributed by atoms with Crippen LogP contribution in [0.4, 0.5) is 5.82 Å². The van der Waals surface area contributed by atoms with E-state index in [0.29, 0.717) is 15.7 Å². The lowest BCUT2D eigenvalue weighted by molar-refractivity contribution is 0.0968. The molecule has 0 aliphatic carbocycles. The molecule has 0 N–H and O–H groups in total. The third kappa shape index (κ3) is 34.5. The van der Waals surface area contributed by atoms with Crippen LogP contribution in [-0.2, 0) is 9.47 Å². The number of hydrogen-bond donors (Lipinski definition) is 0. The fourth-order valence-electron chi connectivity index (χ4n) is 6.45. The van der Waals surface area contributed by atoms with Crippen molar-refractivity contribution < 1.29 is 9.47 Å². The minimum atomic E-state index is -0.184. The summed E-state index contributed by atoms with van der Waals surface area (Å²) in [6, 6.07) is 11.5. The van der Waals surface area contributed by atoms with E-state index in [9.17, 15) is 0 Å². The summed E-state index contributed by atoms with van der Waals surface area (Å²) in [5.41, 5.74) is 1.44. The Morgan fingerprint density at radius 1 is 0.405 bits per heavy atom. The minimum absolute atomic E-state index is 0.0365. The summed E-state index contributed by atoms with van der Waals surface area (Å²) in [6.07, 6.45) is 7.14. The lowest BCUT2D eigenvalue weighted by Gasteiger charge is -2.58. The molecule has 84 heavy (non-hydrogen) atoms. The topological polar surface area (TPSA) is 73.3 Å². The SMILES string of the molecule is C1CCOCC1.Clc1cnc2nc(Br)ccc2c1.Clc1cnc2nc(N3CCOCC3)ccc2c1.PPP(P(P)P)P(P(P)P)P(P(P(P)P)P(P)P)P(P(P(P(P)P)P(P)P)P(P(P)P)P(P)P)P(P(P(P)P)P(P)P)P(P(P)P)P(P)P. The molecular weight excluding hydrogens is 2070 g/mol. The Kier molecular flexibility index (Phi) is 62.3. The highest BCUT2D eigenvalue weighted by molar-refractivity contribution is 9.51. The summed E-state index contributed by atoms with van der Waals surface area (Å²) in [5.74, 6) is 0.954. The van der Waals surface area contributed by atoms with Gasteiger partial charge in [-0.05, 0) is 232 Å². The van der Waals surface area contributed by atoms with Crippen molar-refractivity contribution in [2.45, 2.75) is 19.3 Å². The van der Waals surface area contributed by atoms with E-state index >= 15 is 0 Å². The smallest absolute Gasteiger partial charge is 0.161 e. The minimum Gasteiger partial charge on any atom is -0.381 e. The highest BCUT2D eigenvalue weighted by Crippen LogP contribution is 3.46. The van der Waals surface area contributed by atoms with E-state index in [1.165, 1.54) is 19.3 Å². The summed E-state index contributed by atoms with van der Waals surface area (Å²) in [4.78, 5) is 19.2. The van der Waals surface area contributed by atoms with Gasteiger partial charge in [0.2, 0.25) is 0 Å². The summed E-state index contributed by atoms with van der Waals surface area (Å²) < 4.78 is 11.2. The van der Waals surface area contributed by atoms with E-state index in [2.05, 4.69) is 264 Å². The van der Waals surface area contributed by atoms with E-state index < -0.39 is 0 Å². The molecule has 59 heteroatoms. The number of halogens is 3. The zero-order chi connectivity index (χ0) is 63.4. The zero-order valence-electron chi connectivity index (χ0n) is 44.4. The van der Waals surface area contributed by atoms with E-state index in [0.717, 1.165) is 74.3 Å². The number of aromatic nitrogens is 4. The Morgan fingerprint density at radius 2 is 0.726 bits per heavy atom. The van der Waals surface area contributed by atoms with Crippen molar-refractivity contribution in [1.82, 2.24) is 19.9 Å². The van der Waals surface area contributed by atoms with Crippen molar-refractivity contribution in [2.24, 2.45) is 0 Å². The van der Waals surface area contributed by atoms with Gasteiger partial charge < -0.3 is 14.4 Å². The fraction of sp³-hybridized carbons (Fsp3) is 0.360. The molecule has 29 atom stereocenters. The Bertz CT molecular complexity index is 2320. The third-order valence-corrected chi connectivity index (χ3v) is 348. The number of anilines is 1. The highest BCUT2D eigenvalue weighted by atomic mass is 79.9. The Hall–Kier alpha value is 19.0. The Balaban J connectivity index is 0.000000411. The molecule has 2 aliphatic heterocycles. The molecule has 2 saturated heterocycles. The Morgan fingerprint density at radius 3 is 1.04 bits per heavy atom. The molecule has 0 saturated carbocycles. The molecule has 2 aliphatic rings. The first kappa shape index (κ1) is 97.2. The fourth-order valence-corrected chi connectivity index (χ4v) is 698. The van der Waals surface area contributed by atoms with Crippen molar-refractivity contribution in [3.63, 3.8) is 0 Å². The first-order valence-electron chi connectivity index (χ1n) is 22.6. The lowest BCUT2D eigenvalue weighted by Crippen LogP contribution is -2.36. The van der Waals surface area contributed by atoms with Gasteiger partial charge in [0.25, 0.3) is 0 Å². The van der Waals surface area contributed by atoms with Crippen LogP contribution in [0.25, 0.3) is 22.1 Å². The van der Waals surface area contributed by atoms with Crippen LogP contribution in [0.5, 0.6) is 0 Å². The van der Waals surface area contributed by atoms with Gasteiger partial charge in [-0.1, -0.05) is 31.2 Å². The van der Waals surface area contributed by atoms with Gasteiger partial charge in [0.15, 0.2) is 11.3 Å². The van der Waals surface area contributed by atoms with Crippen molar-refractivity contribution in [3.8, 4) is 0 Å². The van der Waals surface area contributed by atoms with Crippen LogP contribution in [0.15, 0.2) is 53.4 Å². The van der Waals surface area contributed by atoms with Crippen LogP contribution in [0.2, 0.25) is 10.0 Å². The number of fused-ring (bicyclic) bond motifs is 2. The maximum absolute atomic E-state index is 5.89. The number of pyridine rings is 4. The van der Waals surface area contributed by atoms with Gasteiger partial charge in [0.1, 0.15) is 10.4 Å². The van der Waals surface area contributed by atoms with Gasteiger partial charge in [-0.3, -0.25) is 0 Å². The normalized spacial score (nSPS) is 16.1. The average Bonchev–Trinajstić information content (AvgIpc) is 0.837. The predicted octanol–water partition coefficient (Wildman–Crippen LogP) is 34.9. The summed E-state index contributed by atoms with van der Waals surface area (Å²) in [7, 11) is 87.8. The van der Waals surface area contributed by atoms with Crippen molar-refractivity contribution in [1.29, 1.82) is 0 Å². The van der Waals surface area contributed by atoms with Gasteiger partial charge in [-0.2, -0.15) is 0 Å².